The van der Waals surface area contributed by atoms with E-state index >= 15 is 0 Å². The number of carbonyl (C=O) groups excluding carboxylic acids is 1. The molecule has 1 aliphatic carbocycles. The van der Waals surface area contributed by atoms with E-state index in [1.54, 1.807) is 12.4 Å². The Morgan fingerprint density at radius 2 is 2.07 bits per heavy atom. The first-order chi connectivity index (χ1) is 13.0. The Balaban J connectivity index is 1.80. The van der Waals surface area contributed by atoms with Crippen LogP contribution in [0.2, 0.25) is 0 Å². The molecule has 0 spiro atoms. The zero-order valence-electron chi connectivity index (χ0n) is 15.2. The molecule has 0 unspecified atom stereocenters. The molecule has 3 atom stereocenters. The number of carbonyl (C=O) groups is 1. The molecule has 6 heteroatoms. The first-order valence-corrected chi connectivity index (χ1v) is 9.80. The number of nitrogens with zero attached hydrogens (tertiary/aromatic N) is 2. The minimum atomic E-state index is -0.660. The molecule has 3 aromatic rings. The third-order valence-electron chi connectivity index (χ3n) is 5.39. The average molecular weight is 379 g/mol. The maximum Gasteiger partial charge on any atom is 0.233 e. The van der Waals surface area contributed by atoms with Crippen molar-refractivity contribution in [3.8, 4) is 0 Å². The number of anilines is 1. The van der Waals surface area contributed by atoms with Crippen molar-refractivity contribution in [3.05, 3.63) is 76.3 Å². The van der Waals surface area contributed by atoms with Crippen LogP contribution in [0.1, 0.15) is 48.1 Å². The molecule has 0 aliphatic heterocycles. The highest BCUT2D eigenvalue weighted by atomic mass is 32.1. The van der Waals surface area contributed by atoms with Gasteiger partial charge in [-0.05, 0) is 42.5 Å². The van der Waals surface area contributed by atoms with Gasteiger partial charge < -0.3 is 10.4 Å². The highest BCUT2D eigenvalue weighted by Crippen LogP contribution is 2.51. The first kappa shape index (κ1) is 17.8. The second-order valence-electron chi connectivity index (χ2n) is 7.27. The lowest BCUT2D eigenvalue weighted by molar-refractivity contribution is -0.125. The number of hydrogen-bond acceptors (Lipinski definition) is 5. The van der Waals surface area contributed by atoms with Gasteiger partial charge in [0.05, 0.1) is 11.5 Å². The number of fused-ring (bicyclic) bond motifs is 1. The molecule has 2 aromatic carbocycles. The highest BCUT2D eigenvalue weighted by Gasteiger charge is 2.49. The van der Waals surface area contributed by atoms with Crippen LogP contribution in [0.3, 0.4) is 0 Å². The smallest absolute Gasteiger partial charge is 0.233 e. The largest absolute Gasteiger partial charge is 0.389 e. The molecular formula is C21H21N3O2S. The molecule has 0 radical (unpaired) electrons. The zero-order valence-corrected chi connectivity index (χ0v) is 16.0. The summed E-state index contributed by atoms with van der Waals surface area (Å²) in [6.07, 6.45) is 0.0842. The summed E-state index contributed by atoms with van der Waals surface area (Å²) in [5.41, 5.74) is 5.15. The number of rotatable bonds is 4. The topological polar surface area (TPSA) is 75.1 Å². The second-order valence-corrected chi connectivity index (χ2v) is 8.10. The third-order valence-corrected chi connectivity index (χ3v) is 6.00. The van der Waals surface area contributed by atoms with Crippen LogP contribution in [0, 0.1) is 5.41 Å². The average Bonchev–Trinajstić information content (AvgIpc) is 3.27. The highest BCUT2D eigenvalue weighted by molar-refractivity contribution is 7.13. The van der Waals surface area contributed by atoms with Gasteiger partial charge in [-0.3, -0.25) is 4.79 Å². The Bertz CT molecular complexity index is 957. The lowest BCUT2D eigenvalue weighted by atomic mass is 9.73. The van der Waals surface area contributed by atoms with E-state index in [0.29, 0.717) is 11.6 Å². The van der Waals surface area contributed by atoms with Crippen LogP contribution >= 0.6 is 11.3 Å². The van der Waals surface area contributed by atoms with Crippen LogP contribution in [-0.2, 0) is 11.2 Å². The summed E-state index contributed by atoms with van der Waals surface area (Å²) in [4.78, 5) is 13.3. The summed E-state index contributed by atoms with van der Waals surface area (Å²) >= 11 is 1.31. The van der Waals surface area contributed by atoms with E-state index in [0.717, 1.165) is 22.3 Å². The number of hydrogen-bond donors (Lipinski definition) is 2. The fraction of sp³-hybridized carbons (Fsp3) is 0.286. The molecule has 4 rings (SSSR count). The molecule has 2 N–H and O–H groups in total. The summed E-state index contributed by atoms with van der Waals surface area (Å²) in [6, 6.07) is 16.1. The second kappa shape index (κ2) is 6.87. The van der Waals surface area contributed by atoms with Gasteiger partial charge in [-0.15, -0.1) is 10.2 Å². The van der Waals surface area contributed by atoms with Crippen molar-refractivity contribution in [2.75, 3.05) is 5.32 Å². The van der Waals surface area contributed by atoms with Crippen molar-refractivity contribution in [1.82, 2.24) is 10.2 Å². The molecule has 5 nitrogen and oxygen atoms in total. The minimum Gasteiger partial charge on any atom is -0.389 e. The van der Waals surface area contributed by atoms with Crippen LogP contribution in [0.4, 0.5) is 5.13 Å². The number of benzene rings is 2. The Hall–Kier alpha value is -2.57. The summed E-state index contributed by atoms with van der Waals surface area (Å²) in [5, 5.41) is 21.2. The minimum absolute atomic E-state index is 0.0668. The van der Waals surface area contributed by atoms with E-state index in [9.17, 15) is 9.90 Å². The molecule has 1 heterocycles. The number of aliphatic hydroxyl groups excluding tert-OH is 1. The Labute approximate surface area is 162 Å². The number of aromatic nitrogens is 2. The summed E-state index contributed by atoms with van der Waals surface area (Å²) in [6.45, 7) is 3.76. The van der Waals surface area contributed by atoms with Gasteiger partial charge in [-0.1, -0.05) is 59.9 Å². The van der Waals surface area contributed by atoms with Crippen molar-refractivity contribution in [3.63, 3.8) is 0 Å². The predicted octanol–water partition coefficient (Wildman–Crippen LogP) is 3.92. The van der Waals surface area contributed by atoms with Crippen LogP contribution in [0.5, 0.6) is 0 Å². The molecule has 138 valence electrons. The number of amides is 1. The van der Waals surface area contributed by atoms with Crippen LogP contribution in [-0.4, -0.2) is 21.2 Å². The molecular weight excluding hydrogens is 358 g/mol. The van der Waals surface area contributed by atoms with E-state index < -0.39 is 11.5 Å². The molecule has 1 aliphatic rings. The van der Waals surface area contributed by atoms with E-state index in [2.05, 4.69) is 27.6 Å². The molecule has 0 saturated heterocycles. The summed E-state index contributed by atoms with van der Waals surface area (Å²) in [7, 11) is 0. The summed E-state index contributed by atoms with van der Waals surface area (Å²) in [5.74, 6) is -0.164. The van der Waals surface area contributed by atoms with Gasteiger partial charge in [-0.2, -0.15) is 0 Å². The van der Waals surface area contributed by atoms with E-state index in [4.69, 9.17) is 0 Å². The molecule has 0 saturated carbocycles. The van der Waals surface area contributed by atoms with E-state index in [1.165, 1.54) is 11.3 Å². The molecule has 0 bridgehead atoms. The Morgan fingerprint density at radius 3 is 2.74 bits per heavy atom. The zero-order chi connectivity index (χ0) is 19.0. The quantitative estimate of drug-likeness (QED) is 0.720. The number of nitrogens with one attached hydrogen (secondary N) is 1. The Kier molecular flexibility index (Phi) is 4.53. The molecule has 0 fully saturated rings. The van der Waals surface area contributed by atoms with Crippen LogP contribution in [0.25, 0.3) is 0 Å². The van der Waals surface area contributed by atoms with Crippen molar-refractivity contribution < 1.29 is 9.90 Å². The van der Waals surface area contributed by atoms with Crippen LogP contribution < -0.4 is 5.32 Å². The fourth-order valence-corrected chi connectivity index (χ4v) is 4.46. The maximum atomic E-state index is 13.3. The van der Waals surface area contributed by atoms with Gasteiger partial charge in [0.25, 0.3) is 0 Å². The number of aliphatic hydroxyl groups is 1. The van der Waals surface area contributed by atoms with Gasteiger partial charge in [0, 0.05) is 5.92 Å². The van der Waals surface area contributed by atoms with Crippen molar-refractivity contribution in [1.29, 1.82) is 0 Å². The van der Waals surface area contributed by atoms with E-state index in [1.807, 2.05) is 43.3 Å². The SMILES string of the molecule is C[C@@H](O)c1ccc2c(c1)[C@@H](c1ccccc1)[C@@](C)(C(=O)Nc1nncs1)C2. The van der Waals surface area contributed by atoms with Crippen molar-refractivity contribution >= 4 is 22.4 Å². The monoisotopic (exact) mass is 379 g/mol. The lowest BCUT2D eigenvalue weighted by Crippen LogP contribution is -2.37. The van der Waals surface area contributed by atoms with Gasteiger partial charge in [0.1, 0.15) is 5.51 Å². The van der Waals surface area contributed by atoms with E-state index in [-0.39, 0.29) is 11.8 Å². The first-order valence-electron chi connectivity index (χ1n) is 8.92. The van der Waals surface area contributed by atoms with Gasteiger partial charge >= 0.3 is 0 Å². The molecule has 27 heavy (non-hydrogen) atoms. The van der Waals surface area contributed by atoms with Gasteiger partial charge in [0.2, 0.25) is 11.0 Å². The molecule has 1 aromatic heterocycles. The summed E-state index contributed by atoms with van der Waals surface area (Å²) < 4.78 is 0. The normalized spacial score (nSPS) is 22.3. The van der Waals surface area contributed by atoms with Gasteiger partial charge in [-0.25, -0.2) is 0 Å². The third kappa shape index (κ3) is 3.15. The molecule has 1 amide bonds. The van der Waals surface area contributed by atoms with Crippen LogP contribution in [0.15, 0.2) is 54.0 Å². The van der Waals surface area contributed by atoms with Crippen molar-refractivity contribution in [2.45, 2.75) is 32.3 Å². The fourth-order valence-electron chi connectivity index (χ4n) is 4.02. The maximum absolute atomic E-state index is 13.3. The predicted molar refractivity (Wildman–Crippen MR) is 106 cm³/mol. The standard InChI is InChI=1S/C21H21N3O2S/c1-13(25)15-8-9-16-11-21(2,19(26)23-20-24-22-12-27-20)18(17(16)10-15)14-6-4-3-5-7-14/h3-10,12-13,18,25H,11H2,1-2H3,(H,23,24,26)/t13-,18-,21+/m1/s1. The lowest BCUT2D eigenvalue weighted by Gasteiger charge is -2.31. The van der Waals surface area contributed by atoms with Crippen molar-refractivity contribution in [2.24, 2.45) is 5.41 Å². The van der Waals surface area contributed by atoms with Gasteiger partial charge in [0.15, 0.2) is 0 Å². The Morgan fingerprint density at radius 1 is 1.30 bits per heavy atom.